The third-order valence-corrected chi connectivity index (χ3v) is 3.09. The molecule has 0 unspecified atom stereocenters. The smallest absolute Gasteiger partial charge is 0.225 e. The third-order valence-electron chi connectivity index (χ3n) is 3.09. The normalized spacial score (nSPS) is 11.9. The van der Waals surface area contributed by atoms with Crippen LogP contribution in [0.25, 0.3) is 0 Å². The van der Waals surface area contributed by atoms with E-state index in [0.717, 1.165) is 38.8 Å². The van der Waals surface area contributed by atoms with E-state index in [9.17, 15) is 4.79 Å². The van der Waals surface area contributed by atoms with Crippen LogP contribution in [0.1, 0.15) is 59.8 Å². The average molecular weight is 257 g/mol. The number of methoxy groups -OCH3 is 1. The molecule has 3 nitrogen and oxygen atoms in total. The molecule has 108 valence electrons. The molecule has 0 aromatic rings. The summed E-state index contributed by atoms with van der Waals surface area (Å²) in [6.45, 7) is 10.0. The molecule has 0 saturated carbocycles. The molecule has 0 heterocycles. The van der Waals surface area contributed by atoms with Crippen LogP contribution in [0.2, 0.25) is 0 Å². The molecule has 0 fully saturated rings. The predicted molar refractivity (Wildman–Crippen MR) is 76.6 cm³/mol. The van der Waals surface area contributed by atoms with Crippen molar-refractivity contribution >= 4 is 5.91 Å². The molecule has 0 radical (unpaired) electrons. The summed E-state index contributed by atoms with van der Waals surface area (Å²) in [4.78, 5) is 12.0. The standard InChI is InChI=1S/C15H31NO2/c1-13(2)12-15(3,4)14(17)16-10-8-6-7-9-11-18-5/h13H,6-12H2,1-5H3,(H,16,17). The lowest BCUT2D eigenvalue weighted by Crippen LogP contribution is -2.38. The number of hydrogen-bond acceptors (Lipinski definition) is 2. The van der Waals surface area contributed by atoms with Gasteiger partial charge in [-0.3, -0.25) is 4.79 Å². The lowest BCUT2D eigenvalue weighted by molar-refractivity contribution is -0.130. The summed E-state index contributed by atoms with van der Waals surface area (Å²) in [6.07, 6.45) is 5.45. The molecule has 0 spiro atoms. The number of rotatable bonds is 10. The fourth-order valence-corrected chi connectivity index (χ4v) is 2.28. The van der Waals surface area contributed by atoms with E-state index in [1.54, 1.807) is 7.11 Å². The van der Waals surface area contributed by atoms with E-state index < -0.39 is 0 Å². The number of carbonyl (C=O) groups excluding carboxylic acids is 1. The van der Waals surface area contributed by atoms with E-state index in [-0.39, 0.29) is 11.3 Å². The quantitative estimate of drug-likeness (QED) is 0.609. The summed E-state index contributed by atoms with van der Waals surface area (Å²) >= 11 is 0. The van der Waals surface area contributed by atoms with Crippen molar-refractivity contribution in [2.75, 3.05) is 20.3 Å². The highest BCUT2D eigenvalue weighted by Gasteiger charge is 2.27. The maximum absolute atomic E-state index is 12.0. The summed E-state index contributed by atoms with van der Waals surface area (Å²) in [5.41, 5.74) is -0.246. The number of hydrogen-bond donors (Lipinski definition) is 1. The van der Waals surface area contributed by atoms with Gasteiger partial charge in [0.1, 0.15) is 0 Å². The van der Waals surface area contributed by atoms with Crippen LogP contribution in [-0.4, -0.2) is 26.2 Å². The summed E-state index contributed by atoms with van der Waals surface area (Å²) in [5.74, 6) is 0.743. The van der Waals surface area contributed by atoms with Crippen molar-refractivity contribution in [3.8, 4) is 0 Å². The van der Waals surface area contributed by atoms with Crippen molar-refractivity contribution in [1.29, 1.82) is 0 Å². The second-order valence-electron chi connectivity index (χ2n) is 6.14. The number of nitrogens with one attached hydrogen (secondary N) is 1. The first-order valence-electron chi connectivity index (χ1n) is 7.17. The summed E-state index contributed by atoms with van der Waals surface area (Å²) in [7, 11) is 1.73. The van der Waals surface area contributed by atoms with Crippen molar-refractivity contribution in [2.45, 2.75) is 59.8 Å². The first-order chi connectivity index (χ1) is 8.40. The van der Waals surface area contributed by atoms with Gasteiger partial charge >= 0.3 is 0 Å². The van der Waals surface area contributed by atoms with Gasteiger partial charge in [-0.1, -0.05) is 40.5 Å². The van der Waals surface area contributed by atoms with Gasteiger partial charge in [0.15, 0.2) is 0 Å². The second kappa shape index (κ2) is 9.37. The molecule has 1 N–H and O–H groups in total. The molecule has 0 atom stereocenters. The Balaban J connectivity index is 3.63. The van der Waals surface area contributed by atoms with Gasteiger partial charge in [-0.15, -0.1) is 0 Å². The third kappa shape index (κ3) is 8.51. The van der Waals surface area contributed by atoms with Crippen LogP contribution in [0.15, 0.2) is 0 Å². The van der Waals surface area contributed by atoms with E-state index in [4.69, 9.17) is 4.74 Å². The van der Waals surface area contributed by atoms with E-state index >= 15 is 0 Å². The fraction of sp³-hybridized carbons (Fsp3) is 0.933. The SMILES string of the molecule is COCCCCCCNC(=O)C(C)(C)CC(C)C. The monoisotopic (exact) mass is 257 g/mol. The van der Waals surface area contributed by atoms with E-state index in [2.05, 4.69) is 19.2 Å². The minimum atomic E-state index is -0.246. The van der Waals surface area contributed by atoms with Crippen molar-refractivity contribution in [3.05, 3.63) is 0 Å². The molecule has 1 amide bonds. The van der Waals surface area contributed by atoms with Crippen molar-refractivity contribution < 1.29 is 9.53 Å². The molecule has 0 saturated heterocycles. The van der Waals surface area contributed by atoms with Crippen LogP contribution in [0.3, 0.4) is 0 Å². The molecular formula is C15H31NO2. The Kier molecular flexibility index (Phi) is 9.08. The first-order valence-corrected chi connectivity index (χ1v) is 7.17. The van der Waals surface area contributed by atoms with Crippen LogP contribution in [0.4, 0.5) is 0 Å². The van der Waals surface area contributed by atoms with Crippen molar-refractivity contribution in [3.63, 3.8) is 0 Å². The van der Waals surface area contributed by atoms with Gasteiger partial charge in [0.25, 0.3) is 0 Å². The van der Waals surface area contributed by atoms with Gasteiger partial charge < -0.3 is 10.1 Å². The highest BCUT2D eigenvalue weighted by Crippen LogP contribution is 2.25. The van der Waals surface area contributed by atoms with Gasteiger partial charge in [0.2, 0.25) is 5.91 Å². The lowest BCUT2D eigenvalue weighted by Gasteiger charge is -2.25. The molecule has 18 heavy (non-hydrogen) atoms. The van der Waals surface area contributed by atoms with Crippen molar-refractivity contribution in [1.82, 2.24) is 5.32 Å². The average Bonchev–Trinajstić information content (AvgIpc) is 2.25. The maximum atomic E-state index is 12.0. The predicted octanol–water partition coefficient (Wildman–Crippen LogP) is 3.38. The Labute approximate surface area is 113 Å². The fourth-order valence-electron chi connectivity index (χ4n) is 2.28. The van der Waals surface area contributed by atoms with E-state index in [0.29, 0.717) is 5.92 Å². The molecule has 0 aliphatic heterocycles. The van der Waals surface area contributed by atoms with E-state index in [1.807, 2.05) is 13.8 Å². The number of amides is 1. The first kappa shape index (κ1) is 17.4. The van der Waals surface area contributed by atoms with E-state index in [1.165, 1.54) is 6.42 Å². The lowest BCUT2D eigenvalue weighted by atomic mass is 9.83. The van der Waals surface area contributed by atoms with Crippen LogP contribution in [0, 0.1) is 11.3 Å². The highest BCUT2D eigenvalue weighted by atomic mass is 16.5. The molecular weight excluding hydrogens is 226 g/mol. The molecule has 3 heteroatoms. The number of carbonyl (C=O) groups is 1. The topological polar surface area (TPSA) is 38.3 Å². The van der Waals surface area contributed by atoms with Gasteiger partial charge in [0.05, 0.1) is 0 Å². The Morgan fingerprint density at radius 3 is 2.33 bits per heavy atom. The minimum absolute atomic E-state index is 0.188. The largest absolute Gasteiger partial charge is 0.385 e. The number of unbranched alkanes of at least 4 members (excludes halogenated alkanes) is 3. The minimum Gasteiger partial charge on any atom is -0.385 e. The van der Waals surface area contributed by atoms with Crippen LogP contribution in [0.5, 0.6) is 0 Å². The Morgan fingerprint density at radius 2 is 1.78 bits per heavy atom. The van der Waals surface area contributed by atoms with Crippen molar-refractivity contribution in [2.24, 2.45) is 11.3 Å². The second-order valence-corrected chi connectivity index (χ2v) is 6.14. The molecule has 0 aromatic heterocycles. The molecule has 0 aliphatic carbocycles. The maximum Gasteiger partial charge on any atom is 0.225 e. The van der Waals surface area contributed by atoms with Gasteiger partial charge in [-0.25, -0.2) is 0 Å². The summed E-state index contributed by atoms with van der Waals surface area (Å²) in [5, 5.41) is 3.05. The zero-order valence-electron chi connectivity index (χ0n) is 12.8. The zero-order valence-corrected chi connectivity index (χ0v) is 12.8. The van der Waals surface area contributed by atoms with Gasteiger partial charge in [0, 0.05) is 25.7 Å². The highest BCUT2D eigenvalue weighted by molar-refractivity contribution is 5.81. The summed E-state index contributed by atoms with van der Waals surface area (Å²) in [6, 6.07) is 0. The Hall–Kier alpha value is -0.570. The Bertz CT molecular complexity index is 225. The van der Waals surface area contributed by atoms with Crippen LogP contribution >= 0.6 is 0 Å². The van der Waals surface area contributed by atoms with Gasteiger partial charge in [-0.05, 0) is 25.2 Å². The van der Waals surface area contributed by atoms with Crippen LogP contribution in [-0.2, 0) is 9.53 Å². The van der Waals surface area contributed by atoms with Gasteiger partial charge in [-0.2, -0.15) is 0 Å². The summed E-state index contributed by atoms with van der Waals surface area (Å²) < 4.78 is 5.00. The molecule has 0 bridgehead atoms. The zero-order chi connectivity index (χ0) is 14.0. The number of ether oxygens (including phenoxy) is 1. The van der Waals surface area contributed by atoms with Crippen LogP contribution < -0.4 is 5.32 Å². The Morgan fingerprint density at radius 1 is 1.17 bits per heavy atom. The molecule has 0 aromatic carbocycles. The molecule has 0 aliphatic rings. The molecule has 0 rings (SSSR count).